The van der Waals surface area contributed by atoms with Crippen LogP contribution in [0.5, 0.6) is 0 Å². The van der Waals surface area contributed by atoms with Gasteiger partial charge in [-0.05, 0) is 6.92 Å². The molecule has 0 bridgehead atoms. The highest BCUT2D eigenvalue weighted by molar-refractivity contribution is 7.07. The van der Waals surface area contributed by atoms with Gasteiger partial charge in [-0.1, -0.05) is 0 Å². The number of methoxy groups -OCH3 is 1. The average Bonchev–Trinajstić information content (AvgIpc) is 2.84. The number of nitrogens with one attached hydrogen (secondary N) is 1. The van der Waals surface area contributed by atoms with Gasteiger partial charge in [0.2, 0.25) is 0 Å². The molecular formula is C9H9N3O2S. The van der Waals surface area contributed by atoms with Crippen LogP contribution in [-0.4, -0.2) is 28.0 Å². The molecule has 2 aromatic heterocycles. The third-order valence-corrected chi connectivity index (χ3v) is 2.52. The molecule has 0 aliphatic rings. The fraction of sp³-hybridized carbons (Fsp3) is 0.222. The van der Waals surface area contributed by atoms with Gasteiger partial charge < -0.3 is 9.72 Å². The third-order valence-electron chi connectivity index (χ3n) is 1.94. The van der Waals surface area contributed by atoms with Crippen molar-refractivity contribution in [2.75, 3.05) is 7.11 Å². The first-order valence-corrected chi connectivity index (χ1v) is 5.20. The van der Waals surface area contributed by atoms with Crippen LogP contribution in [0.1, 0.15) is 16.2 Å². The number of rotatable bonds is 2. The number of H-pyrrole nitrogens is 1. The Morgan fingerprint density at radius 3 is 3.00 bits per heavy atom. The van der Waals surface area contributed by atoms with E-state index in [0.29, 0.717) is 17.2 Å². The summed E-state index contributed by atoms with van der Waals surface area (Å²) in [5.74, 6) is 0.152. The predicted molar refractivity (Wildman–Crippen MR) is 55.8 cm³/mol. The molecule has 0 amide bonds. The fourth-order valence-corrected chi connectivity index (χ4v) is 1.74. The van der Waals surface area contributed by atoms with E-state index in [1.54, 1.807) is 12.4 Å². The zero-order chi connectivity index (χ0) is 10.8. The molecule has 0 radical (unpaired) electrons. The Bertz CT molecular complexity index is 476. The molecule has 0 spiro atoms. The van der Waals surface area contributed by atoms with Crippen molar-refractivity contribution in [2.24, 2.45) is 0 Å². The Balaban J connectivity index is 2.41. The van der Waals surface area contributed by atoms with Crippen molar-refractivity contribution < 1.29 is 9.53 Å². The van der Waals surface area contributed by atoms with Crippen molar-refractivity contribution in [2.45, 2.75) is 6.92 Å². The Hall–Kier alpha value is -1.69. The first kappa shape index (κ1) is 9.85. The summed E-state index contributed by atoms with van der Waals surface area (Å²) in [5, 5.41) is 1.86. The molecule has 2 rings (SSSR count). The van der Waals surface area contributed by atoms with Crippen molar-refractivity contribution in [3.63, 3.8) is 0 Å². The van der Waals surface area contributed by atoms with E-state index in [1.807, 2.05) is 5.38 Å². The molecule has 0 saturated heterocycles. The zero-order valence-corrected chi connectivity index (χ0v) is 9.09. The number of ether oxygens (including phenoxy) is 1. The molecule has 5 nitrogen and oxygen atoms in total. The lowest BCUT2D eigenvalue weighted by Crippen LogP contribution is -2.03. The lowest BCUT2D eigenvalue weighted by Gasteiger charge is -1.93. The minimum Gasteiger partial charge on any atom is -0.464 e. The number of imidazole rings is 1. The number of carbonyl (C=O) groups is 1. The summed E-state index contributed by atoms with van der Waals surface area (Å²) in [6.07, 6.45) is 0. The van der Waals surface area contributed by atoms with E-state index in [9.17, 15) is 4.79 Å². The molecule has 0 fully saturated rings. The molecule has 1 N–H and O–H groups in total. The Labute approximate surface area is 90.1 Å². The van der Waals surface area contributed by atoms with E-state index < -0.39 is 5.97 Å². The van der Waals surface area contributed by atoms with Gasteiger partial charge in [-0.15, -0.1) is 11.3 Å². The summed E-state index contributed by atoms with van der Waals surface area (Å²) >= 11 is 1.48. The highest BCUT2D eigenvalue weighted by atomic mass is 32.1. The van der Waals surface area contributed by atoms with Crippen LogP contribution in [0.25, 0.3) is 11.5 Å². The summed E-state index contributed by atoms with van der Waals surface area (Å²) < 4.78 is 4.61. The fourth-order valence-electron chi connectivity index (χ4n) is 1.21. The van der Waals surface area contributed by atoms with E-state index in [2.05, 4.69) is 19.7 Å². The van der Waals surface area contributed by atoms with Gasteiger partial charge in [-0.3, -0.25) is 0 Å². The number of aromatic amines is 1. The molecule has 0 aromatic carbocycles. The summed E-state index contributed by atoms with van der Waals surface area (Å²) in [5.41, 5.74) is 3.44. The van der Waals surface area contributed by atoms with Crippen LogP contribution in [0.15, 0.2) is 10.9 Å². The lowest BCUT2D eigenvalue weighted by molar-refractivity contribution is 0.0594. The van der Waals surface area contributed by atoms with E-state index in [4.69, 9.17) is 0 Å². The number of hydrogen-bond donors (Lipinski definition) is 1. The Morgan fingerprint density at radius 2 is 2.40 bits per heavy atom. The van der Waals surface area contributed by atoms with E-state index >= 15 is 0 Å². The predicted octanol–water partition coefficient (Wildman–Crippen LogP) is 1.63. The van der Waals surface area contributed by atoms with Gasteiger partial charge in [0, 0.05) is 11.1 Å². The second-order valence-electron chi connectivity index (χ2n) is 2.92. The van der Waals surface area contributed by atoms with Crippen LogP contribution >= 0.6 is 11.3 Å². The first-order valence-electron chi connectivity index (χ1n) is 4.26. The van der Waals surface area contributed by atoms with Crippen LogP contribution in [0.3, 0.4) is 0 Å². The number of aryl methyl sites for hydroxylation is 1. The Morgan fingerprint density at radius 1 is 1.60 bits per heavy atom. The summed E-state index contributed by atoms with van der Waals surface area (Å²) in [6, 6.07) is 0. The van der Waals surface area contributed by atoms with Crippen molar-refractivity contribution in [1.29, 1.82) is 0 Å². The second-order valence-corrected chi connectivity index (χ2v) is 3.64. The molecule has 0 saturated carbocycles. The summed E-state index contributed by atoms with van der Waals surface area (Å²) in [6.45, 7) is 1.77. The molecule has 6 heteroatoms. The molecule has 2 aromatic rings. The van der Waals surface area contributed by atoms with E-state index in [-0.39, 0.29) is 0 Å². The maximum absolute atomic E-state index is 11.3. The van der Waals surface area contributed by atoms with Crippen LogP contribution in [0.4, 0.5) is 0 Å². The van der Waals surface area contributed by atoms with Crippen molar-refractivity contribution >= 4 is 17.3 Å². The number of esters is 1. The van der Waals surface area contributed by atoms with Gasteiger partial charge in [0.25, 0.3) is 0 Å². The largest absolute Gasteiger partial charge is 0.464 e. The van der Waals surface area contributed by atoms with Gasteiger partial charge in [0.15, 0.2) is 11.5 Å². The minimum atomic E-state index is -0.440. The maximum atomic E-state index is 11.3. The van der Waals surface area contributed by atoms with Gasteiger partial charge in [0.05, 0.1) is 12.6 Å². The van der Waals surface area contributed by atoms with Crippen LogP contribution < -0.4 is 0 Å². The van der Waals surface area contributed by atoms with Gasteiger partial charge in [-0.2, -0.15) is 0 Å². The van der Waals surface area contributed by atoms with Gasteiger partial charge >= 0.3 is 5.97 Å². The zero-order valence-electron chi connectivity index (χ0n) is 8.27. The number of nitrogens with zero attached hydrogens (tertiary/aromatic N) is 2. The lowest BCUT2D eigenvalue weighted by atomic mass is 10.3. The van der Waals surface area contributed by atoms with Gasteiger partial charge in [0.1, 0.15) is 5.69 Å². The van der Waals surface area contributed by atoms with E-state index in [0.717, 1.165) is 5.69 Å². The molecule has 0 aliphatic carbocycles. The molecule has 78 valence electrons. The molecule has 0 atom stereocenters. The number of carbonyl (C=O) groups excluding carboxylic acids is 1. The monoisotopic (exact) mass is 223 g/mol. The summed E-state index contributed by atoms with van der Waals surface area (Å²) in [4.78, 5) is 22.5. The van der Waals surface area contributed by atoms with Gasteiger partial charge in [-0.25, -0.2) is 14.8 Å². The molecule has 0 aliphatic heterocycles. The quantitative estimate of drug-likeness (QED) is 0.786. The number of thiazole rings is 1. The molecule has 0 unspecified atom stereocenters. The first-order chi connectivity index (χ1) is 7.22. The van der Waals surface area contributed by atoms with Crippen LogP contribution in [-0.2, 0) is 4.74 Å². The third kappa shape index (κ3) is 1.75. The normalized spacial score (nSPS) is 10.3. The second kappa shape index (κ2) is 3.82. The average molecular weight is 223 g/mol. The summed E-state index contributed by atoms with van der Waals surface area (Å²) in [7, 11) is 1.33. The highest BCUT2D eigenvalue weighted by Gasteiger charge is 2.16. The van der Waals surface area contributed by atoms with Crippen molar-refractivity contribution in [3.05, 3.63) is 22.3 Å². The molecular weight excluding hydrogens is 214 g/mol. The smallest absolute Gasteiger partial charge is 0.358 e. The SMILES string of the molecule is COC(=O)c1nc(-c2cscn2)[nH]c1C. The topological polar surface area (TPSA) is 67.9 Å². The standard InChI is InChI=1S/C9H9N3O2S/c1-5-7(9(13)14-2)12-8(11-5)6-3-15-4-10-6/h3-4H,1-2H3,(H,11,12). The van der Waals surface area contributed by atoms with Crippen molar-refractivity contribution in [1.82, 2.24) is 15.0 Å². The number of hydrogen-bond acceptors (Lipinski definition) is 5. The van der Waals surface area contributed by atoms with Crippen molar-refractivity contribution in [3.8, 4) is 11.5 Å². The minimum absolute atomic E-state index is 0.306. The Kier molecular flexibility index (Phi) is 2.51. The van der Waals surface area contributed by atoms with Crippen LogP contribution in [0.2, 0.25) is 0 Å². The highest BCUT2D eigenvalue weighted by Crippen LogP contribution is 2.17. The molecule has 15 heavy (non-hydrogen) atoms. The molecule has 2 heterocycles. The van der Waals surface area contributed by atoms with Crippen LogP contribution in [0, 0.1) is 6.92 Å². The number of aromatic nitrogens is 3. The maximum Gasteiger partial charge on any atom is 0.358 e. The van der Waals surface area contributed by atoms with E-state index in [1.165, 1.54) is 18.4 Å².